The first kappa shape index (κ1) is 22.4. The predicted octanol–water partition coefficient (Wildman–Crippen LogP) is 3.65. The Labute approximate surface area is 193 Å². The van der Waals surface area contributed by atoms with Gasteiger partial charge in [0, 0.05) is 50.7 Å². The number of anilines is 2. The lowest BCUT2D eigenvalue weighted by molar-refractivity contribution is -0.116. The lowest BCUT2D eigenvalue weighted by Crippen LogP contribution is -2.46. The van der Waals surface area contributed by atoms with Gasteiger partial charge >= 0.3 is 5.69 Å². The minimum absolute atomic E-state index is 0.0845. The number of rotatable bonds is 7. The molecule has 7 nitrogen and oxygen atoms in total. The normalized spacial score (nSPS) is 14.8. The molecule has 2 aromatic carbocycles. The highest BCUT2D eigenvalue weighted by Gasteiger charge is 2.20. The molecule has 4 rings (SSSR count). The number of benzene rings is 2. The van der Waals surface area contributed by atoms with Gasteiger partial charge in [0.15, 0.2) is 0 Å². The summed E-state index contributed by atoms with van der Waals surface area (Å²) in [7, 11) is 0. The Kier molecular flexibility index (Phi) is 6.86. The molecule has 1 aliphatic rings. The second-order valence-electron chi connectivity index (χ2n) is 8.05. The Balaban J connectivity index is 1.49. The molecule has 0 atom stereocenters. The summed E-state index contributed by atoms with van der Waals surface area (Å²) in [6, 6.07) is 13.3. The van der Waals surface area contributed by atoms with E-state index in [0.717, 1.165) is 55.1 Å². The fourth-order valence-corrected chi connectivity index (χ4v) is 4.58. The maximum atomic E-state index is 12.9. The van der Waals surface area contributed by atoms with Gasteiger partial charge in [0.05, 0.1) is 22.4 Å². The molecule has 1 N–H and O–H groups in total. The number of carbonyl (C=O) groups is 1. The van der Waals surface area contributed by atoms with Crippen LogP contribution in [-0.4, -0.2) is 52.7 Å². The van der Waals surface area contributed by atoms with Gasteiger partial charge in [-0.25, -0.2) is 4.79 Å². The first-order valence-corrected chi connectivity index (χ1v) is 11.6. The quantitative estimate of drug-likeness (QED) is 0.590. The number of hydrogen-bond acceptors (Lipinski definition) is 4. The maximum absolute atomic E-state index is 12.9. The van der Waals surface area contributed by atoms with Gasteiger partial charge in [-0.2, -0.15) is 0 Å². The minimum Gasteiger partial charge on any atom is -0.367 e. The summed E-state index contributed by atoms with van der Waals surface area (Å²) in [5, 5.41) is 3.61. The number of carbonyl (C=O) groups excluding carboxylic acids is 1. The van der Waals surface area contributed by atoms with Crippen molar-refractivity contribution >= 4 is 39.9 Å². The number of amides is 1. The first-order chi connectivity index (χ1) is 15.5. The Hall–Kier alpha value is -2.77. The fourth-order valence-electron chi connectivity index (χ4n) is 4.41. The molecule has 2 heterocycles. The van der Waals surface area contributed by atoms with Crippen LogP contribution in [0.25, 0.3) is 11.0 Å². The van der Waals surface area contributed by atoms with Gasteiger partial charge in [0.1, 0.15) is 0 Å². The Morgan fingerprint density at radius 2 is 1.66 bits per heavy atom. The van der Waals surface area contributed by atoms with E-state index < -0.39 is 0 Å². The van der Waals surface area contributed by atoms with E-state index in [1.165, 1.54) is 0 Å². The van der Waals surface area contributed by atoms with Crippen LogP contribution in [0.4, 0.5) is 11.4 Å². The van der Waals surface area contributed by atoms with E-state index in [9.17, 15) is 9.59 Å². The van der Waals surface area contributed by atoms with Crippen LogP contribution in [0.3, 0.4) is 0 Å². The topological polar surface area (TPSA) is 62.5 Å². The molecule has 1 aliphatic heterocycles. The zero-order valence-corrected chi connectivity index (χ0v) is 19.4. The number of imidazole rings is 1. The van der Waals surface area contributed by atoms with Crippen molar-refractivity contribution in [3.8, 4) is 0 Å². The van der Waals surface area contributed by atoms with Crippen LogP contribution in [0.1, 0.15) is 20.3 Å². The van der Waals surface area contributed by atoms with Crippen molar-refractivity contribution < 1.29 is 4.79 Å². The molecule has 1 fully saturated rings. The number of halogens is 1. The molecule has 1 aromatic heterocycles. The van der Waals surface area contributed by atoms with Crippen LogP contribution < -0.4 is 15.9 Å². The van der Waals surface area contributed by atoms with Crippen molar-refractivity contribution in [3.05, 3.63) is 58.0 Å². The van der Waals surface area contributed by atoms with Crippen LogP contribution in [0.5, 0.6) is 0 Å². The highest BCUT2D eigenvalue weighted by molar-refractivity contribution is 6.31. The first-order valence-electron chi connectivity index (χ1n) is 11.3. The summed E-state index contributed by atoms with van der Waals surface area (Å²) in [6.07, 6.45) is 0.202. The predicted molar refractivity (Wildman–Crippen MR) is 131 cm³/mol. The molecule has 0 saturated carbocycles. The van der Waals surface area contributed by atoms with E-state index in [2.05, 4.69) is 22.0 Å². The van der Waals surface area contributed by atoms with E-state index in [0.29, 0.717) is 18.1 Å². The average molecular weight is 456 g/mol. The maximum Gasteiger partial charge on any atom is 0.329 e. The van der Waals surface area contributed by atoms with Gasteiger partial charge in [-0.1, -0.05) is 30.7 Å². The number of likely N-dealkylation sites (N-methyl/N-ethyl adjacent to an activating group) is 1. The summed E-state index contributed by atoms with van der Waals surface area (Å²) >= 11 is 6.24. The summed E-state index contributed by atoms with van der Waals surface area (Å²) in [5.41, 5.74) is 3.36. The zero-order valence-electron chi connectivity index (χ0n) is 18.7. The third-order valence-corrected chi connectivity index (χ3v) is 6.43. The lowest BCUT2D eigenvalue weighted by Gasteiger charge is -2.36. The van der Waals surface area contributed by atoms with Crippen LogP contribution in [0.15, 0.2) is 47.3 Å². The fraction of sp³-hybridized carbons (Fsp3) is 0.417. The molecular formula is C24H30ClN5O2. The molecule has 0 radical (unpaired) electrons. The van der Waals surface area contributed by atoms with Gasteiger partial charge in [-0.15, -0.1) is 0 Å². The van der Waals surface area contributed by atoms with Crippen molar-refractivity contribution in [3.63, 3.8) is 0 Å². The average Bonchev–Trinajstić information content (AvgIpc) is 3.08. The van der Waals surface area contributed by atoms with Crippen molar-refractivity contribution in [1.82, 2.24) is 14.0 Å². The molecular weight excluding hydrogens is 426 g/mol. The number of aryl methyl sites for hydroxylation is 2. The van der Waals surface area contributed by atoms with Crippen LogP contribution >= 0.6 is 11.6 Å². The number of para-hydroxylation sites is 2. The van der Waals surface area contributed by atoms with Crippen LogP contribution in [0, 0.1) is 0 Å². The number of fused-ring (bicyclic) bond motifs is 1. The molecule has 0 aliphatic carbocycles. The van der Waals surface area contributed by atoms with Gasteiger partial charge in [-0.05, 0) is 43.8 Å². The molecule has 1 saturated heterocycles. The summed E-state index contributed by atoms with van der Waals surface area (Å²) in [5.74, 6) is -0.138. The van der Waals surface area contributed by atoms with Crippen molar-refractivity contribution in [2.75, 3.05) is 42.9 Å². The second-order valence-corrected chi connectivity index (χ2v) is 8.48. The van der Waals surface area contributed by atoms with Gasteiger partial charge in [-0.3, -0.25) is 13.9 Å². The molecule has 0 bridgehead atoms. The molecule has 3 aromatic rings. The number of aromatic nitrogens is 2. The van der Waals surface area contributed by atoms with E-state index in [4.69, 9.17) is 11.6 Å². The standard InChI is InChI=1S/C24H30ClN5O2/c1-3-27-13-15-28(16-14-27)20-10-9-18(25)17-19(20)26-23(31)11-12-30-22-8-6-5-7-21(22)29(4-2)24(30)32/h5-10,17H,3-4,11-16H2,1-2H3,(H,26,31). The largest absolute Gasteiger partial charge is 0.367 e. The SMILES string of the molecule is CCN1CCN(c2ccc(Cl)cc2NC(=O)CCn2c(=O)n(CC)c3ccccc32)CC1. The molecule has 8 heteroatoms. The summed E-state index contributed by atoms with van der Waals surface area (Å²) in [4.78, 5) is 30.4. The number of nitrogens with one attached hydrogen (secondary N) is 1. The Morgan fingerprint density at radius 3 is 2.31 bits per heavy atom. The smallest absolute Gasteiger partial charge is 0.329 e. The lowest BCUT2D eigenvalue weighted by atomic mass is 10.2. The molecule has 0 spiro atoms. The monoisotopic (exact) mass is 455 g/mol. The highest BCUT2D eigenvalue weighted by Crippen LogP contribution is 2.30. The Bertz CT molecular complexity index is 1160. The van der Waals surface area contributed by atoms with Crippen molar-refractivity contribution in [2.24, 2.45) is 0 Å². The third-order valence-electron chi connectivity index (χ3n) is 6.20. The van der Waals surface area contributed by atoms with E-state index in [-0.39, 0.29) is 18.0 Å². The number of hydrogen-bond donors (Lipinski definition) is 1. The Morgan fingerprint density at radius 1 is 0.969 bits per heavy atom. The summed E-state index contributed by atoms with van der Waals surface area (Å²) in [6.45, 7) is 9.89. The van der Waals surface area contributed by atoms with E-state index in [1.54, 1.807) is 15.2 Å². The van der Waals surface area contributed by atoms with Gasteiger partial charge < -0.3 is 15.1 Å². The second kappa shape index (κ2) is 9.79. The van der Waals surface area contributed by atoms with Crippen LogP contribution in [-0.2, 0) is 17.9 Å². The van der Waals surface area contributed by atoms with Crippen LogP contribution in [0.2, 0.25) is 5.02 Å². The van der Waals surface area contributed by atoms with Gasteiger partial charge in [0.2, 0.25) is 5.91 Å². The van der Waals surface area contributed by atoms with Crippen molar-refractivity contribution in [1.29, 1.82) is 0 Å². The molecule has 170 valence electrons. The zero-order chi connectivity index (χ0) is 22.7. The molecule has 0 unspecified atom stereocenters. The van der Waals surface area contributed by atoms with Gasteiger partial charge in [0.25, 0.3) is 0 Å². The van der Waals surface area contributed by atoms with Crippen molar-refractivity contribution in [2.45, 2.75) is 33.4 Å². The van der Waals surface area contributed by atoms with E-state index >= 15 is 0 Å². The minimum atomic E-state index is -0.138. The molecule has 32 heavy (non-hydrogen) atoms. The summed E-state index contributed by atoms with van der Waals surface area (Å²) < 4.78 is 3.42. The molecule has 1 amide bonds. The third kappa shape index (κ3) is 4.54. The number of piperazine rings is 1. The van der Waals surface area contributed by atoms with E-state index in [1.807, 2.05) is 43.3 Å². The highest BCUT2D eigenvalue weighted by atomic mass is 35.5. The number of nitrogens with zero attached hydrogens (tertiary/aromatic N) is 4.